The normalized spacial score (nSPS) is 34.3. The third-order valence-electron chi connectivity index (χ3n) is 8.90. The average Bonchev–Trinajstić information content (AvgIpc) is 3.33. The molecule has 1 saturated carbocycles. The van der Waals surface area contributed by atoms with Gasteiger partial charge in [0.25, 0.3) is 5.56 Å². The first-order valence-corrected chi connectivity index (χ1v) is 11.6. The Bertz CT molecular complexity index is 1390. The monoisotopic (exact) mass is 432 g/mol. The highest BCUT2D eigenvalue weighted by molar-refractivity contribution is 5.64. The number of aliphatic hydroxyl groups is 1. The van der Waals surface area contributed by atoms with Crippen molar-refractivity contribution in [1.29, 1.82) is 0 Å². The van der Waals surface area contributed by atoms with Crippen molar-refractivity contribution in [3.8, 4) is 11.5 Å². The number of aromatic amines is 1. The summed E-state index contributed by atoms with van der Waals surface area (Å²) < 4.78 is 8.27. The smallest absolute Gasteiger partial charge is 0.254 e. The zero-order valence-electron chi connectivity index (χ0n) is 17.5. The van der Waals surface area contributed by atoms with E-state index in [9.17, 15) is 15.0 Å². The van der Waals surface area contributed by atoms with E-state index in [1.807, 2.05) is 6.07 Å². The summed E-state index contributed by atoms with van der Waals surface area (Å²) in [6.45, 7) is 1.87. The number of nitrogens with zero attached hydrogens (tertiary/aromatic N) is 3. The molecule has 4 atom stereocenters. The van der Waals surface area contributed by atoms with Crippen molar-refractivity contribution < 1.29 is 14.9 Å². The fourth-order valence-corrected chi connectivity index (χ4v) is 7.39. The molecule has 0 radical (unpaired) electrons. The van der Waals surface area contributed by atoms with E-state index in [1.165, 1.54) is 12.8 Å². The van der Waals surface area contributed by atoms with Gasteiger partial charge in [-0.25, -0.2) is 4.52 Å². The summed E-state index contributed by atoms with van der Waals surface area (Å²) in [7, 11) is 0. The minimum absolute atomic E-state index is 0.0909. The molecule has 1 saturated heterocycles. The Kier molecular flexibility index (Phi) is 2.97. The first-order valence-electron chi connectivity index (χ1n) is 11.6. The first-order chi connectivity index (χ1) is 15.5. The topological polar surface area (TPSA) is 103 Å². The molecule has 2 fully saturated rings. The third kappa shape index (κ3) is 1.82. The molecule has 3 N–H and O–H groups in total. The molecule has 0 amide bonds. The van der Waals surface area contributed by atoms with E-state index in [0.29, 0.717) is 35.0 Å². The Morgan fingerprint density at radius 1 is 1.28 bits per heavy atom. The maximum Gasteiger partial charge on any atom is 0.254 e. The lowest BCUT2D eigenvalue weighted by atomic mass is 9.49. The van der Waals surface area contributed by atoms with Crippen molar-refractivity contribution >= 4 is 5.65 Å². The second-order valence-corrected chi connectivity index (χ2v) is 10.4. The molecule has 2 bridgehead atoms. The molecule has 8 rings (SSSR count). The van der Waals surface area contributed by atoms with Crippen LogP contribution in [0.25, 0.3) is 5.65 Å². The summed E-state index contributed by atoms with van der Waals surface area (Å²) in [4.78, 5) is 18.6. The molecule has 2 aliphatic heterocycles. The first kappa shape index (κ1) is 17.7. The Labute approximate surface area is 183 Å². The summed E-state index contributed by atoms with van der Waals surface area (Å²) in [5.74, 6) is 1.27. The minimum Gasteiger partial charge on any atom is -0.504 e. The summed E-state index contributed by atoms with van der Waals surface area (Å²) in [6.07, 6.45) is 5.27. The quantitative estimate of drug-likeness (QED) is 0.566. The van der Waals surface area contributed by atoms with E-state index in [-0.39, 0.29) is 23.8 Å². The van der Waals surface area contributed by atoms with E-state index >= 15 is 0 Å². The van der Waals surface area contributed by atoms with Crippen LogP contribution in [0.3, 0.4) is 0 Å². The minimum atomic E-state index is -1.16. The van der Waals surface area contributed by atoms with Crippen LogP contribution in [-0.4, -0.2) is 54.4 Å². The van der Waals surface area contributed by atoms with Gasteiger partial charge in [-0.3, -0.25) is 9.69 Å². The molecule has 1 spiro atoms. The highest BCUT2D eigenvalue weighted by Crippen LogP contribution is 2.68. The van der Waals surface area contributed by atoms with Gasteiger partial charge in [0.05, 0.1) is 22.9 Å². The number of phenols is 1. The molecule has 0 unspecified atom stereocenters. The number of piperidine rings is 1. The predicted octanol–water partition coefficient (Wildman–Crippen LogP) is 1.43. The van der Waals surface area contributed by atoms with Gasteiger partial charge in [-0.15, -0.1) is 0 Å². The van der Waals surface area contributed by atoms with E-state index in [4.69, 9.17) is 4.74 Å². The van der Waals surface area contributed by atoms with Crippen LogP contribution in [0, 0.1) is 5.92 Å². The number of likely N-dealkylation sites (tertiary alicyclic amines) is 1. The molecular formula is C24H24N4O4. The van der Waals surface area contributed by atoms with Crippen molar-refractivity contribution in [2.24, 2.45) is 5.92 Å². The van der Waals surface area contributed by atoms with E-state index < -0.39 is 17.1 Å². The number of aromatic nitrogens is 3. The van der Waals surface area contributed by atoms with Crippen LogP contribution < -0.4 is 10.3 Å². The number of H-pyrrole nitrogens is 1. The number of benzene rings is 1. The third-order valence-corrected chi connectivity index (χ3v) is 8.90. The second kappa shape index (κ2) is 5.38. The molecule has 2 aromatic heterocycles. The van der Waals surface area contributed by atoms with Gasteiger partial charge >= 0.3 is 0 Å². The number of phenolic OH excluding ortho intramolecular Hbond substituents is 1. The average molecular weight is 432 g/mol. The summed E-state index contributed by atoms with van der Waals surface area (Å²) in [5, 5.41) is 27.8. The molecule has 32 heavy (non-hydrogen) atoms. The number of fused-ring (bicyclic) bond motifs is 4. The standard InChI is InChI=1S/C24H24N4O4/c29-15-4-3-13-9-16-24(31)10-14-19(28-17(5-7-25-28)26-22(14)30)21-23(24,18(13)20(15)32-21)6-8-27(16)11-12-1-2-12/h3-5,7,12,16,21,29,31H,1-2,6,8-11H2,(H,26,30)/t16-,21+,23+,24-/m1/s1. The lowest BCUT2D eigenvalue weighted by Crippen LogP contribution is -2.75. The van der Waals surface area contributed by atoms with Crippen LogP contribution >= 0.6 is 0 Å². The fraction of sp³-hybridized carbons (Fsp3) is 0.500. The van der Waals surface area contributed by atoms with Crippen molar-refractivity contribution in [2.45, 2.75) is 55.3 Å². The van der Waals surface area contributed by atoms with Crippen LogP contribution in [0.1, 0.15) is 47.8 Å². The number of nitrogens with one attached hydrogen (secondary N) is 1. The maximum atomic E-state index is 13.2. The van der Waals surface area contributed by atoms with Gasteiger partial charge < -0.3 is 19.9 Å². The van der Waals surface area contributed by atoms with Crippen molar-refractivity contribution in [2.75, 3.05) is 13.1 Å². The number of hydrogen-bond donors (Lipinski definition) is 3. The molecule has 8 heteroatoms. The molecule has 164 valence electrons. The zero-order chi connectivity index (χ0) is 21.4. The molecule has 1 aromatic carbocycles. The van der Waals surface area contributed by atoms with Crippen LogP contribution in [0.15, 0.2) is 29.2 Å². The summed E-state index contributed by atoms with van der Waals surface area (Å²) in [6, 6.07) is 5.38. The van der Waals surface area contributed by atoms with Gasteiger partial charge in [0, 0.05) is 36.2 Å². The van der Waals surface area contributed by atoms with Gasteiger partial charge in [0.2, 0.25) is 0 Å². The zero-order valence-corrected chi connectivity index (χ0v) is 17.5. The number of aromatic hydroxyl groups is 1. The second-order valence-electron chi connectivity index (χ2n) is 10.4. The number of rotatable bonds is 2. The number of hydrogen-bond acceptors (Lipinski definition) is 6. The Morgan fingerprint density at radius 2 is 2.16 bits per heavy atom. The maximum absolute atomic E-state index is 13.2. The van der Waals surface area contributed by atoms with Crippen molar-refractivity contribution in [3.05, 3.63) is 57.1 Å². The Hall–Kier alpha value is -2.84. The lowest BCUT2D eigenvalue weighted by Gasteiger charge is -2.62. The fourth-order valence-electron chi connectivity index (χ4n) is 7.39. The van der Waals surface area contributed by atoms with Crippen LogP contribution in [0.5, 0.6) is 11.5 Å². The molecule has 3 aromatic rings. The predicted molar refractivity (Wildman–Crippen MR) is 114 cm³/mol. The van der Waals surface area contributed by atoms with Crippen molar-refractivity contribution in [1.82, 2.24) is 19.5 Å². The van der Waals surface area contributed by atoms with Gasteiger partial charge in [0.1, 0.15) is 5.65 Å². The van der Waals surface area contributed by atoms with Crippen LogP contribution in [0.2, 0.25) is 0 Å². The van der Waals surface area contributed by atoms with Crippen LogP contribution in [0.4, 0.5) is 0 Å². The largest absolute Gasteiger partial charge is 0.504 e. The molecular weight excluding hydrogens is 408 g/mol. The molecule has 8 nitrogen and oxygen atoms in total. The molecule has 5 aliphatic rings. The summed E-state index contributed by atoms with van der Waals surface area (Å²) in [5.41, 5.74) is 1.88. The lowest BCUT2D eigenvalue weighted by molar-refractivity contribution is -0.174. The highest BCUT2D eigenvalue weighted by Gasteiger charge is 2.73. The number of ether oxygens (including phenoxy) is 1. The Morgan fingerprint density at radius 3 is 3.00 bits per heavy atom. The van der Waals surface area contributed by atoms with Crippen LogP contribution in [-0.2, 0) is 18.3 Å². The molecule has 3 aliphatic carbocycles. The molecule has 4 heterocycles. The van der Waals surface area contributed by atoms with Gasteiger partial charge in [-0.2, -0.15) is 5.10 Å². The van der Waals surface area contributed by atoms with E-state index in [0.717, 1.165) is 30.6 Å². The van der Waals surface area contributed by atoms with Crippen molar-refractivity contribution in [3.63, 3.8) is 0 Å². The van der Waals surface area contributed by atoms with Gasteiger partial charge in [0.15, 0.2) is 17.6 Å². The highest BCUT2D eigenvalue weighted by atomic mass is 16.5. The Balaban J connectivity index is 1.46. The summed E-state index contributed by atoms with van der Waals surface area (Å²) >= 11 is 0. The van der Waals surface area contributed by atoms with Gasteiger partial charge in [-0.1, -0.05) is 6.07 Å². The SMILES string of the molecule is O=c1[nH]c2ccnn2c2c1C[C@@]1(O)[C@H]3Cc4ccc(O)c5c4[C@@]1(CCN3CC1CC1)[C@H]2O5. The van der Waals surface area contributed by atoms with E-state index in [1.54, 1.807) is 22.8 Å². The van der Waals surface area contributed by atoms with E-state index in [2.05, 4.69) is 15.0 Å². The van der Waals surface area contributed by atoms with Gasteiger partial charge in [-0.05, 0) is 49.8 Å².